The third-order valence-corrected chi connectivity index (χ3v) is 4.01. The molecule has 0 aliphatic rings. The Morgan fingerprint density at radius 1 is 1.06 bits per heavy atom. The minimum Gasteiger partial charge on any atom is -0.490 e. The van der Waals surface area contributed by atoms with Gasteiger partial charge in [0.1, 0.15) is 6.54 Å². The summed E-state index contributed by atoms with van der Waals surface area (Å²) in [7, 11) is 0. The van der Waals surface area contributed by atoms with E-state index in [-0.39, 0.29) is 17.9 Å². The van der Waals surface area contributed by atoms with Crippen LogP contribution in [0, 0.1) is 0 Å². The van der Waals surface area contributed by atoms with E-state index in [4.69, 9.17) is 9.47 Å². The fourth-order valence-electron chi connectivity index (χ4n) is 2.72. The average Bonchev–Trinajstić information content (AvgIpc) is 3.18. The zero-order valence-corrected chi connectivity index (χ0v) is 16.8. The zero-order valence-electron chi connectivity index (χ0n) is 16.8. The Balaban J connectivity index is 1.69. The molecule has 1 amide bonds. The highest BCUT2D eigenvalue weighted by atomic mass is 19.4. The second-order valence-electron chi connectivity index (χ2n) is 6.30. The molecule has 0 aliphatic carbocycles. The highest BCUT2D eigenvalue weighted by Gasteiger charge is 2.30. The van der Waals surface area contributed by atoms with Gasteiger partial charge in [0.15, 0.2) is 11.5 Å². The van der Waals surface area contributed by atoms with E-state index >= 15 is 0 Å². The van der Waals surface area contributed by atoms with Gasteiger partial charge in [-0.05, 0) is 43.3 Å². The van der Waals surface area contributed by atoms with Crippen LogP contribution in [0.5, 0.6) is 11.5 Å². The van der Waals surface area contributed by atoms with Gasteiger partial charge in [-0.2, -0.15) is 18.0 Å². The predicted molar refractivity (Wildman–Crippen MR) is 106 cm³/mol. The number of ether oxygens (including phenoxy) is 2. The highest BCUT2D eigenvalue weighted by Crippen LogP contribution is 2.32. The van der Waals surface area contributed by atoms with Gasteiger partial charge < -0.3 is 14.8 Å². The van der Waals surface area contributed by atoms with Crippen LogP contribution in [0.25, 0.3) is 11.4 Å². The summed E-state index contributed by atoms with van der Waals surface area (Å²) >= 11 is 0. The van der Waals surface area contributed by atoms with Crippen LogP contribution in [-0.4, -0.2) is 39.3 Å². The maximum Gasteiger partial charge on any atom is 0.416 e. The van der Waals surface area contributed by atoms with E-state index in [9.17, 15) is 18.0 Å². The van der Waals surface area contributed by atoms with Crippen molar-refractivity contribution in [3.05, 3.63) is 48.0 Å². The zero-order chi connectivity index (χ0) is 22.4. The van der Waals surface area contributed by atoms with Crippen LogP contribution in [-0.2, 0) is 17.5 Å². The molecule has 3 aromatic rings. The van der Waals surface area contributed by atoms with Crippen molar-refractivity contribution < 1.29 is 27.4 Å². The van der Waals surface area contributed by atoms with Crippen LogP contribution in [0.1, 0.15) is 19.4 Å². The van der Waals surface area contributed by atoms with Crippen molar-refractivity contribution in [1.82, 2.24) is 20.2 Å². The number of carbonyl (C=O) groups is 1. The van der Waals surface area contributed by atoms with Gasteiger partial charge in [0.2, 0.25) is 11.7 Å². The van der Waals surface area contributed by atoms with E-state index in [1.165, 1.54) is 12.1 Å². The summed E-state index contributed by atoms with van der Waals surface area (Å²) in [4.78, 5) is 13.3. The molecule has 8 nitrogen and oxygen atoms in total. The summed E-state index contributed by atoms with van der Waals surface area (Å²) in [6.45, 7) is 4.31. The number of rotatable bonds is 8. The van der Waals surface area contributed by atoms with Gasteiger partial charge in [-0.1, -0.05) is 12.1 Å². The molecule has 0 fully saturated rings. The minimum atomic E-state index is -4.48. The number of carbonyl (C=O) groups excluding carboxylic acids is 1. The monoisotopic (exact) mass is 435 g/mol. The maximum absolute atomic E-state index is 12.9. The van der Waals surface area contributed by atoms with Gasteiger partial charge in [-0.3, -0.25) is 4.79 Å². The summed E-state index contributed by atoms with van der Waals surface area (Å²) in [5, 5.41) is 14.2. The molecule has 3 rings (SSSR count). The Labute approximate surface area is 176 Å². The molecule has 164 valence electrons. The van der Waals surface area contributed by atoms with Crippen molar-refractivity contribution >= 4 is 11.6 Å². The fourth-order valence-corrected chi connectivity index (χ4v) is 2.72. The first-order chi connectivity index (χ1) is 14.8. The van der Waals surface area contributed by atoms with Gasteiger partial charge in [-0.25, -0.2) is 0 Å². The molecule has 0 saturated carbocycles. The maximum atomic E-state index is 12.9. The smallest absolute Gasteiger partial charge is 0.416 e. The van der Waals surface area contributed by atoms with Crippen molar-refractivity contribution in [2.45, 2.75) is 26.6 Å². The molecule has 1 aromatic heterocycles. The number of hydrogen-bond donors (Lipinski definition) is 1. The van der Waals surface area contributed by atoms with E-state index in [1.807, 2.05) is 13.8 Å². The molecule has 0 spiro atoms. The van der Waals surface area contributed by atoms with E-state index in [1.54, 1.807) is 18.2 Å². The molecule has 1 N–H and O–H groups in total. The molecule has 0 aliphatic heterocycles. The lowest BCUT2D eigenvalue weighted by atomic mass is 10.1. The topological polar surface area (TPSA) is 91.2 Å². The first-order valence-corrected chi connectivity index (χ1v) is 9.45. The highest BCUT2D eigenvalue weighted by molar-refractivity contribution is 5.90. The van der Waals surface area contributed by atoms with Gasteiger partial charge in [0.25, 0.3) is 0 Å². The summed E-state index contributed by atoms with van der Waals surface area (Å²) < 4.78 is 49.6. The number of tetrazole rings is 1. The Kier molecular flexibility index (Phi) is 6.73. The van der Waals surface area contributed by atoms with Gasteiger partial charge in [0.05, 0.1) is 18.8 Å². The summed E-state index contributed by atoms with van der Waals surface area (Å²) in [5.41, 5.74) is -0.191. The average molecular weight is 435 g/mol. The lowest BCUT2D eigenvalue weighted by Gasteiger charge is -2.12. The minimum absolute atomic E-state index is 0.0152. The first-order valence-electron chi connectivity index (χ1n) is 9.45. The lowest BCUT2D eigenvalue weighted by molar-refractivity contribution is -0.137. The summed E-state index contributed by atoms with van der Waals surface area (Å²) in [5.74, 6) is 0.595. The molecule has 0 radical (unpaired) electrons. The second-order valence-corrected chi connectivity index (χ2v) is 6.30. The third-order valence-electron chi connectivity index (χ3n) is 4.01. The normalized spacial score (nSPS) is 11.3. The number of nitrogens with zero attached hydrogens (tertiary/aromatic N) is 4. The van der Waals surface area contributed by atoms with Crippen molar-refractivity contribution in [3.8, 4) is 22.9 Å². The van der Waals surface area contributed by atoms with Crippen LogP contribution < -0.4 is 14.8 Å². The first kappa shape index (κ1) is 22.1. The number of alkyl halides is 3. The van der Waals surface area contributed by atoms with Crippen molar-refractivity contribution in [2.24, 2.45) is 0 Å². The number of nitrogens with one attached hydrogen (secondary N) is 1. The van der Waals surface area contributed by atoms with Crippen LogP contribution >= 0.6 is 0 Å². The second kappa shape index (κ2) is 9.45. The molecule has 11 heteroatoms. The number of aromatic nitrogens is 4. The van der Waals surface area contributed by atoms with Crippen molar-refractivity contribution in [3.63, 3.8) is 0 Å². The standard InChI is InChI=1S/C20H20F3N5O3/c1-3-30-16-9-8-15(11-17(16)31-4-2)24-18(29)12-28-26-19(25-27-28)13-6-5-7-14(10-13)20(21,22)23/h5-11H,3-4,12H2,1-2H3,(H,24,29). The number of hydrogen-bond acceptors (Lipinski definition) is 6. The molecule has 2 aromatic carbocycles. The fraction of sp³-hybridized carbons (Fsp3) is 0.300. The van der Waals surface area contributed by atoms with Crippen LogP contribution in [0.2, 0.25) is 0 Å². The number of benzene rings is 2. The third kappa shape index (κ3) is 5.71. The Morgan fingerprint density at radius 2 is 1.81 bits per heavy atom. The molecule has 0 unspecified atom stereocenters. The number of amides is 1. The van der Waals surface area contributed by atoms with E-state index in [0.29, 0.717) is 30.4 Å². The largest absolute Gasteiger partial charge is 0.490 e. The molecule has 31 heavy (non-hydrogen) atoms. The molecule has 0 bridgehead atoms. The van der Waals surface area contributed by atoms with E-state index in [0.717, 1.165) is 16.9 Å². The van der Waals surface area contributed by atoms with E-state index in [2.05, 4.69) is 20.7 Å². The van der Waals surface area contributed by atoms with E-state index < -0.39 is 17.6 Å². The number of anilines is 1. The van der Waals surface area contributed by atoms with Crippen molar-refractivity contribution in [2.75, 3.05) is 18.5 Å². The number of halogens is 3. The summed E-state index contributed by atoms with van der Waals surface area (Å²) in [6.07, 6.45) is -4.48. The SMILES string of the molecule is CCOc1ccc(NC(=O)Cn2nnc(-c3cccc(C(F)(F)F)c3)n2)cc1OCC. The lowest BCUT2D eigenvalue weighted by Crippen LogP contribution is -2.20. The van der Waals surface area contributed by atoms with Crippen LogP contribution in [0.4, 0.5) is 18.9 Å². The van der Waals surface area contributed by atoms with Gasteiger partial charge >= 0.3 is 6.18 Å². The Bertz CT molecular complexity index is 1050. The van der Waals surface area contributed by atoms with Crippen molar-refractivity contribution in [1.29, 1.82) is 0 Å². The van der Waals surface area contributed by atoms with Gasteiger partial charge in [-0.15, -0.1) is 10.2 Å². The summed E-state index contributed by atoms with van der Waals surface area (Å²) in [6, 6.07) is 9.55. The predicted octanol–water partition coefficient (Wildman–Crippen LogP) is 3.80. The molecular weight excluding hydrogens is 415 g/mol. The molecule has 1 heterocycles. The Morgan fingerprint density at radius 3 is 2.52 bits per heavy atom. The quantitative estimate of drug-likeness (QED) is 0.579. The van der Waals surface area contributed by atoms with Gasteiger partial charge in [0, 0.05) is 17.3 Å². The Hall–Kier alpha value is -3.63. The molecular formula is C20H20F3N5O3. The molecule has 0 saturated heterocycles. The molecule has 0 atom stereocenters. The van der Waals surface area contributed by atoms with Crippen LogP contribution in [0.3, 0.4) is 0 Å². The van der Waals surface area contributed by atoms with Crippen LogP contribution in [0.15, 0.2) is 42.5 Å².